The number of hydrogen-bond donors (Lipinski definition) is 2. The Morgan fingerprint density at radius 3 is 2.68 bits per heavy atom. The molecule has 0 unspecified atom stereocenters. The number of aromatic hydroxyl groups is 1. The van der Waals surface area contributed by atoms with Gasteiger partial charge in [-0.1, -0.05) is 46.3 Å². The second-order valence-corrected chi connectivity index (χ2v) is 5.46. The average molecular weight is 357 g/mol. The van der Waals surface area contributed by atoms with E-state index < -0.39 is 5.91 Å². The Bertz CT molecular complexity index is 749. The van der Waals surface area contributed by atoms with Crippen molar-refractivity contribution in [3.8, 4) is 11.8 Å². The second-order valence-electron chi connectivity index (χ2n) is 4.54. The molecule has 1 amide bonds. The van der Waals surface area contributed by atoms with E-state index in [1.54, 1.807) is 12.1 Å². The minimum Gasteiger partial charge on any atom is -0.507 e. The Morgan fingerprint density at radius 1 is 1.27 bits per heavy atom. The second kappa shape index (κ2) is 7.43. The van der Waals surface area contributed by atoms with Crippen molar-refractivity contribution < 1.29 is 9.90 Å². The van der Waals surface area contributed by atoms with Gasteiger partial charge in [-0.15, -0.1) is 0 Å². The third-order valence-corrected chi connectivity index (χ3v) is 3.44. The maximum Gasteiger partial charge on any atom is 0.262 e. The molecule has 5 heteroatoms. The van der Waals surface area contributed by atoms with Crippen LogP contribution in [-0.2, 0) is 11.3 Å². The summed E-state index contributed by atoms with van der Waals surface area (Å²) in [6.07, 6.45) is 1.36. The van der Waals surface area contributed by atoms with Crippen LogP contribution in [-0.4, -0.2) is 11.0 Å². The van der Waals surface area contributed by atoms with Gasteiger partial charge >= 0.3 is 0 Å². The molecule has 2 aromatic rings. The van der Waals surface area contributed by atoms with Gasteiger partial charge in [0.1, 0.15) is 17.4 Å². The number of hydrogen-bond acceptors (Lipinski definition) is 3. The maximum atomic E-state index is 12.1. The summed E-state index contributed by atoms with van der Waals surface area (Å²) in [5.41, 5.74) is 1.28. The molecule has 0 bridgehead atoms. The van der Waals surface area contributed by atoms with Crippen LogP contribution in [0.1, 0.15) is 11.1 Å². The maximum absolute atomic E-state index is 12.1. The minimum absolute atomic E-state index is 0.00630. The number of benzene rings is 2. The lowest BCUT2D eigenvalue weighted by Gasteiger charge is -2.05. The molecular formula is C17H13BrN2O2. The molecule has 0 aliphatic heterocycles. The highest BCUT2D eigenvalue weighted by atomic mass is 79.9. The normalized spacial score (nSPS) is 10.8. The van der Waals surface area contributed by atoms with Gasteiger partial charge in [0.2, 0.25) is 0 Å². The first kappa shape index (κ1) is 15.8. The zero-order valence-corrected chi connectivity index (χ0v) is 13.2. The fourth-order valence-corrected chi connectivity index (χ4v) is 2.20. The van der Waals surface area contributed by atoms with Crippen LogP contribution in [0.4, 0.5) is 0 Å². The summed E-state index contributed by atoms with van der Waals surface area (Å²) in [6, 6.07) is 16.1. The van der Waals surface area contributed by atoms with Crippen molar-refractivity contribution in [3.05, 3.63) is 69.7 Å². The van der Waals surface area contributed by atoms with Gasteiger partial charge in [-0.2, -0.15) is 5.26 Å². The standard InChI is InChI=1S/C17H13BrN2O2/c18-15-6-7-16(21)13(9-15)8-14(10-19)17(22)20-11-12-4-2-1-3-5-12/h1-9,21H,11H2,(H,20,22)/b14-8+. The third kappa shape index (κ3) is 4.21. The molecule has 2 aromatic carbocycles. The quantitative estimate of drug-likeness (QED) is 0.651. The highest BCUT2D eigenvalue weighted by Gasteiger charge is 2.10. The van der Waals surface area contributed by atoms with Crippen molar-refractivity contribution in [3.63, 3.8) is 0 Å². The lowest BCUT2D eigenvalue weighted by Crippen LogP contribution is -2.23. The topological polar surface area (TPSA) is 73.1 Å². The number of nitrogens with one attached hydrogen (secondary N) is 1. The molecule has 22 heavy (non-hydrogen) atoms. The predicted octanol–water partition coefficient (Wildman–Crippen LogP) is 3.38. The number of rotatable bonds is 4. The van der Waals surface area contributed by atoms with E-state index in [0.717, 1.165) is 10.0 Å². The van der Waals surface area contributed by atoms with Crippen LogP contribution in [0.25, 0.3) is 6.08 Å². The zero-order chi connectivity index (χ0) is 15.9. The van der Waals surface area contributed by atoms with Gasteiger partial charge in [-0.05, 0) is 29.8 Å². The Hall–Kier alpha value is -2.58. The first-order valence-corrected chi connectivity index (χ1v) is 7.32. The predicted molar refractivity (Wildman–Crippen MR) is 87.7 cm³/mol. The summed E-state index contributed by atoms with van der Waals surface area (Å²) in [5, 5.41) is 21.6. The molecule has 2 rings (SSSR count). The van der Waals surface area contributed by atoms with Gasteiger partial charge in [-0.3, -0.25) is 4.79 Å². The van der Waals surface area contributed by atoms with Crippen molar-refractivity contribution in [2.75, 3.05) is 0 Å². The molecule has 0 atom stereocenters. The Morgan fingerprint density at radius 2 is 2.00 bits per heavy atom. The smallest absolute Gasteiger partial charge is 0.262 e. The molecule has 0 aliphatic rings. The van der Waals surface area contributed by atoms with Crippen molar-refractivity contribution in [2.24, 2.45) is 0 Å². The van der Waals surface area contributed by atoms with E-state index in [-0.39, 0.29) is 11.3 Å². The molecule has 0 radical (unpaired) electrons. The summed E-state index contributed by atoms with van der Waals surface area (Å²) < 4.78 is 0.749. The largest absolute Gasteiger partial charge is 0.507 e. The van der Waals surface area contributed by atoms with Gasteiger partial charge in [0.15, 0.2) is 0 Å². The number of phenolic OH excluding ortho intramolecular Hbond substituents is 1. The highest BCUT2D eigenvalue weighted by Crippen LogP contribution is 2.24. The molecule has 110 valence electrons. The fraction of sp³-hybridized carbons (Fsp3) is 0.0588. The minimum atomic E-state index is -0.481. The summed E-state index contributed by atoms with van der Waals surface area (Å²) in [5.74, 6) is -0.475. The highest BCUT2D eigenvalue weighted by molar-refractivity contribution is 9.10. The summed E-state index contributed by atoms with van der Waals surface area (Å²) in [6.45, 7) is 0.336. The first-order valence-electron chi connectivity index (χ1n) is 6.52. The van der Waals surface area contributed by atoms with E-state index in [9.17, 15) is 9.90 Å². The van der Waals surface area contributed by atoms with Crippen molar-refractivity contribution >= 4 is 27.9 Å². The first-order chi connectivity index (χ1) is 10.6. The number of carbonyl (C=O) groups excluding carboxylic acids is 1. The van der Waals surface area contributed by atoms with Crippen LogP contribution in [0, 0.1) is 11.3 Å². The van der Waals surface area contributed by atoms with Crippen LogP contribution in [0.2, 0.25) is 0 Å². The lowest BCUT2D eigenvalue weighted by atomic mass is 10.1. The van der Waals surface area contributed by atoms with Crippen LogP contribution in [0.15, 0.2) is 58.6 Å². The molecule has 0 fully saturated rings. The molecule has 0 heterocycles. The summed E-state index contributed by atoms with van der Waals surface area (Å²) >= 11 is 3.28. The molecule has 0 aliphatic carbocycles. The number of halogens is 1. The third-order valence-electron chi connectivity index (χ3n) is 2.95. The van der Waals surface area contributed by atoms with E-state index in [0.29, 0.717) is 12.1 Å². The van der Waals surface area contributed by atoms with Gasteiger partial charge < -0.3 is 10.4 Å². The molecular weight excluding hydrogens is 344 g/mol. The molecule has 2 N–H and O–H groups in total. The molecule has 4 nitrogen and oxygen atoms in total. The van der Waals surface area contributed by atoms with Crippen molar-refractivity contribution in [1.29, 1.82) is 5.26 Å². The molecule has 0 aromatic heterocycles. The summed E-state index contributed by atoms with van der Waals surface area (Å²) in [7, 11) is 0. The van der Waals surface area contributed by atoms with Gasteiger partial charge in [0, 0.05) is 16.6 Å². The average Bonchev–Trinajstić information content (AvgIpc) is 2.54. The number of nitrogens with zero attached hydrogens (tertiary/aromatic N) is 1. The van der Waals surface area contributed by atoms with Crippen LogP contribution in [0.3, 0.4) is 0 Å². The van der Waals surface area contributed by atoms with Gasteiger partial charge in [-0.25, -0.2) is 0 Å². The van der Waals surface area contributed by atoms with Gasteiger partial charge in [0.25, 0.3) is 5.91 Å². The molecule has 0 saturated heterocycles. The SMILES string of the molecule is N#C/C(=C\c1cc(Br)ccc1O)C(=O)NCc1ccccc1. The van der Waals surface area contributed by atoms with E-state index in [2.05, 4.69) is 21.2 Å². The van der Waals surface area contributed by atoms with Crippen LogP contribution in [0.5, 0.6) is 5.75 Å². The molecule has 0 saturated carbocycles. The van der Waals surface area contributed by atoms with Crippen LogP contribution >= 0.6 is 15.9 Å². The van der Waals surface area contributed by atoms with Crippen LogP contribution < -0.4 is 5.32 Å². The number of phenols is 1. The summed E-state index contributed by atoms with van der Waals surface area (Å²) in [4.78, 5) is 12.1. The Kier molecular flexibility index (Phi) is 5.34. The van der Waals surface area contributed by atoms with E-state index in [1.807, 2.05) is 36.4 Å². The number of amides is 1. The van der Waals surface area contributed by atoms with E-state index in [1.165, 1.54) is 12.1 Å². The van der Waals surface area contributed by atoms with E-state index >= 15 is 0 Å². The lowest BCUT2D eigenvalue weighted by molar-refractivity contribution is -0.117. The van der Waals surface area contributed by atoms with Crippen molar-refractivity contribution in [2.45, 2.75) is 6.54 Å². The Labute approximate surface area is 136 Å². The molecule has 0 spiro atoms. The Balaban J connectivity index is 2.14. The van der Waals surface area contributed by atoms with Gasteiger partial charge in [0.05, 0.1) is 0 Å². The van der Waals surface area contributed by atoms with Crippen molar-refractivity contribution in [1.82, 2.24) is 5.32 Å². The monoisotopic (exact) mass is 356 g/mol. The fourth-order valence-electron chi connectivity index (χ4n) is 1.82. The van der Waals surface area contributed by atoms with E-state index in [4.69, 9.17) is 5.26 Å². The zero-order valence-electron chi connectivity index (χ0n) is 11.6. The number of nitriles is 1. The number of carbonyl (C=O) groups is 1.